The maximum atomic E-state index is 14.1. The van der Waals surface area contributed by atoms with Crippen LogP contribution in [-0.4, -0.2) is 24.5 Å². The van der Waals surface area contributed by atoms with Gasteiger partial charge in [-0.1, -0.05) is 78.9 Å². The summed E-state index contributed by atoms with van der Waals surface area (Å²) in [5.74, 6) is -0.513. The smallest absolute Gasteiger partial charge is 0.246 e. The minimum atomic E-state index is -1.13. The second-order valence-electron chi connectivity index (χ2n) is 9.35. The first kappa shape index (κ1) is 20.6. The molecule has 0 bridgehead atoms. The fourth-order valence-corrected chi connectivity index (χ4v) is 5.87. The molecule has 2 aliphatic heterocycles. The third-order valence-corrected chi connectivity index (χ3v) is 7.56. The number of hydrogen-bond acceptors (Lipinski definition) is 4. The van der Waals surface area contributed by atoms with E-state index < -0.39 is 5.41 Å². The summed E-state index contributed by atoms with van der Waals surface area (Å²) in [4.78, 5) is 43.1. The van der Waals surface area contributed by atoms with Crippen molar-refractivity contribution in [1.29, 1.82) is 0 Å². The molecule has 0 unspecified atom stereocenters. The summed E-state index contributed by atoms with van der Waals surface area (Å²) in [6, 6.07) is 27.9. The number of anilines is 2. The fraction of sp³-hybridized carbons (Fsp3) is 0.0645. The topological polar surface area (TPSA) is 66.5 Å². The number of likely N-dealkylation sites (N-methyl/N-ethyl adjacent to an activating group) is 1. The summed E-state index contributed by atoms with van der Waals surface area (Å²) in [6.45, 7) is 0. The molecule has 0 saturated heterocycles. The van der Waals surface area contributed by atoms with E-state index in [1.54, 1.807) is 42.3 Å². The Hall–Kier alpha value is -4.77. The van der Waals surface area contributed by atoms with Crippen molar-refractivity contribution in [3.05, 3.63) is 136 Å². The molecule has 2 heterocycles. The highest BCUT2D eigenvalue weighted by atomic mass is 16.2. The van der Waals surface area contributed by atoms with Gasteiger partial charge in [0.1, 0.15) is 5.41 Å². The van der Waals surface area contributed by atoms with Gasteiger partial charge in [-0.15, -0.1) is 0 Å². The van der Waals surface area contributed by atoms with Crippen molar-refractivity contribution in [2.45, 2.75) is 5.41 Å². The zero-order chi connectivity index (χ0) is 24.6. The molecule has 5 heteroatoms. The van der Waals surface area contributed by atoms with Crippen molar-refractivity contribution in [1.82, 2.24) is 0 Å². The highest BCUT2D eigenvalue weighted by Gasteiger charge is 2.53. The third-order valence-electron chi connectivity index (χ3n) is 7.56. The molecule has 1 amide bonds. The Morgan fingerprint density at radius 1 is 0.667 bits per heavy atom. The number of rotatable bonds is 1. The van der Waals surface area contributed by atoms with Crippen LogP contribution in [0, 0.1) is 0 Å². The van der Waals surface area contributed by atoms with E-state index in [2.05, 4.69) is 5.32 Å². The molecule has 0 fully saturated rings. The SMILES string of the molecule is CN1C(=O)[C@@]2(C=C(c3ccccc3)Nc3c2ccc2c3C(=O)c3ccccc3C2=O)c2ccccc21. The van der Waals surface area contributed by atoms with Crippen molar-refractivity contribution >= 4 is 34.5 Å². The van der Waals surface area contributed by atoms with Crippen LogP contribution in [-0.2, 0) is 10.2 Å². The molecule has 3 aliphatic rings. The van der Waals surface area contributed by atoms with Crippen LogP contribution in [0.5, 0.6) is 0 Å². The largest absolute Gasteiger partial charge is 0.354 e. The zero-order valence-electron chi connectivity index (χ0n) is 19.4. The summed E-state index contributed by atoms with van der Waals surface area (Å²) < 4.78 is 0. The second-order valence-corrected chi connectivity index (χ2v) is 9.35. The molecule has 0 radical (unpaired) electrons. The summed E-state index contributed by atoms with van der Waals surface area (Å²) in [7, 11) is 1.77. The van der Waals surface area contributed by atoms with Gasteiger partial charge in [0, 0.05) is 40.7 Å². The van der Waals surface area contributed by atoms with Gasteiger partial charge >= 0.3 is 0 Å². The number of benzene rings is 4. The Morgan fingerprint density at radius 3 is 2.11 bits per heavy atom. The molecule has 1 N–H and O–H groups in total. The molecule has 5 nitrogen and oxygen atoms in total. The fourth-order valence-electron chi connectivity index (χ4n) is 5.87. The van der Waals surface area contributed by atoms with Crippen LogP contribution in [0.15, 0.2) is 97.1 Å². The van der Waals surface area contributed by atoms with Gasteiger partial charge in [-0.3, -0.25) is 14.4 Å². The number of hydrogen-bond donors (Lipinski definition) is 1. The Balaban J connectivity index is 1.57. The van der Waals surface area contributed by atoms with Crippen LogP contribution in [0.4, 0.5) is 11.4 Å². The van der Waals surface area contributed by atoms with Crippen molar-refractivity contribution in [3.8, 4) is 0 Å². The molecule has 1 spiro atoms. The van der Waals surface area contributed by atoms with Gasteiger partial charge < -0.3 is 10.2 Å². The molecular weight excluding hydrogens is 448 g/mol. The van der Waals surface area contributed by atoms with Crippen LogP contribution in [0.1, 0.15) is 48.5 Å². The van der Waals surface area contributed by atoms with E-state index in [1.165, 1.54) is 0 Å². The average Bonchev–Trinajstić information content (AvgIpc) is 3.14. The van der Waals surface area contributed by atoms with Gasteiger partial charge in [0.25, 0.3) is 0 Å². The standard InChI is InChI=1S/C31H20N2O3/c1-33-25-14-8-7-13-22(25)31(30(33)36)17-24(18-9-3-2-4-10-18)32-27-23(31)16-15-21-26(27)29(35)20-12-6-5-11-19(20)28(21)34/h2-17,32H,1H3/t31-/m0/s1. The maximum Gasteiger partial charge on any atom is 0.246 e. The summed E-state index contributed by atoms with van der Waals surface area (Å²) in [5.41, 5.74) is 4.78. The Labute approximate surface area is 207 Å². The summed E-state index contributed by atoms with van der Waals surface area (Å²) in [6.07, 6.45) is 1.96. The van der Waals surface area contributed by atoms with Gasteiger partial charge in [-0.05, 0) is 29.3 Å². The lowest BCUT2D eigenvalue weighted by atomic mass is 9.69. The monoisotopic (exact) mass is 468 g/mol. The van der Waals surface area contributed by atoms with E-state index in [-0.39, 0.29) is 17.5 Å². The number of carbonyl (C=O) groups excluding carboxylic acids is 3. The predicted octanol–water partition coefficient (Wildman–Crippen LogP) is 5.19. The number of fused-ring (bicyclic) bond motifs is 7. The number of para-hydroxylation sites is 1. The first-order valence-corrected chi connectivity index (χ1v) is 11.8. The second kappa shape index (κ2) is 7.12. The van der Waals surface area contributed by atoms with E-state index >= 15 is 0 Å². The molecular formula is C31H20N2O3. The van der Waals surface area contributed by atoms with Crippen LogP contribution < -0.4 is 10.2 Å². The lowest BCUT2D eigenvalue weighted by molar-refractivity contribution is -0.120. The van der Waals surface area contributed by atoms with Gasteiger partial charge in [-0.25, -0.2) is 0 Å². The molecule has 7 rings (SSSR count). The molecule has 1 atom stereocenters. The molecule has 36 heavy (non-hydrogen) atoms. The first-order valence-electron chi connectivity index (χ1n) is 11.8. The van der Waals surface area contributed by atoms with Gasteiger partial charge in [0.15, 0.2) is 11.6 Å². The number of ketones is 2. The van der Waals surface area contributed by atoms with E-state index in [4.69, 9.17) is 0 Å². The van der Waals surface area contributed by atoms with Crippen molar-refractivity contribution in [2.24, 2.45) is 0 Å². The third kappa shape index (κ3) is 2.46. The first-order chi connectivity index (χ1) is 17.5. The van der Waals surface area contributed by atoms with E-state index in [9.17, 15) is 14.4 Å². The average molecular weight is 469 g/mol. The Morgan fingerprint density at radius 2 is 1.33 bits per heavy atom. The molecule has 0 saturated carbocycles. The summed E-state index contributed by atoms with van der Waals surface area (Å²) >= 11 is 0. The minimum absolute atomic E-state index is 0.102. The molecule has 0 aromatic heterocycles. The van der Waals surface area contributed by atoms with Gasteiger partial charge in [0.2, 0.25) is 5.91 Å². The lowest BCUT2D eigenvalue weighted by Crippen LogP contribution is -2.41. The maximum absolute atomic E-state index is 14.1. The van der Waals surface area contributed by atoms with Crippen molar-refractivity contribution < 1.29 is 14.4 Å². The van der Waals surface area contributed by atoms with Gasteiger partial charge in [0.05, 0.1) is 11.3 Å². The van der Waals surface area contributed by atoms with E-state index in [0.29, 0.717) is 39.2 Å². The predicted molar refractivity (Wildman–Crippen MR) is 138 cm³/mol. The van der Waals surface area contributed by atoms with Crippen LogP contribution >= 0.6 is 0 Å². The Kier molecular flexibility index (Phi) is 4.07. The molecule has 4 aromatic carbocycles. The van der Waals surface area contributed by atoms with Crippen molar-refractivity contribution in [3.63, 3.8) is 0 Å². The normalized spacial score (nSPS) is 19.3. The Bertz CT molecular complexity index is 1690. The highest BCUT2D eigenvalue weighted by molar-refractivity contribution is 6.31. The highest BCUT2D eigenvalue weighted by Crippen LogP contribution is 2.53. The van der Waals surface area contributed by atoms with Crippen LogP contribution in [0.3, 0.4) is 0 Å². The number of carbonyl (C=O) groups is 3. The van der Waals surface area contributed by atoms with E-state index in [1.807, 2.05) is 66.7 Å². The lowest BCUT2D eigenvalue weighted by Gasteiger charge is -2.36. The number of amides is 1. The van der Waals surface area contributed by atoms with E-state index in [0.717, 1.165) is 16.8 Å². The number of nitrogens with one attached hydrogen (secondary N) is 1. The molecule has 172 valence electrons. The zero-order valence-corrected chi connectivity index (χ0v) is 19.4. The summed E-state index contributed by atoms with van der Waals surface area (Å²) in [5, 5.41) is 3.46. The minimum Gasteiger partial charge on any atom is -0.354 e. The van der Waals surface area contributed by atoms with Crippen molar-refractivity contribution in [2.75, 3.05) is 17.3 Å². The van der Waals surface area contributed by atoms with Crippen LogP contribution in [0.25, 0.3) is 5.70 Å². The number of nitrogens with zero attached hydrogens (tertiary/aromatic N) is 1. The van der Waals surface area contributed by atoms with Crippen LogP contribution in [0.2, 0.25) is 0 Å². The molecule has 1 aliphatic carbocycles. The molecule has 4 aromatic rings. The van der Waals surface area contributed by atoms with Gasteiger partial charge in [-0.2, -0.15) is 0 Å². The quantitative estimate of drug-likeness (QED) is 0.368.